The van der Waals surface area contributed by atoms with Gasteiger partial charge in [0.2, 0.25) is 0 Å². The Hall–Kier alpha value is -2.99. The van der Waals surface area contributed by atoms with Crippen molar-refractivity contribution in [3.63, 3.8) is 0 Å². The lowest BCUT2D eigenvalue weighted by molar-refractivity contribution is 0.469. The highest BCUT2D eigenvalue weighted by Gasteiger charge is 2.15. The molecular weight excluding hydrogens is 396 g/mol. The fraction of sp³-hybridized carbons (Fsp3) is 0.423. The van der Waals surface area contributed by atoms with Crippen molar-refractivity contribution in [3.8, 4) is 11.5 Å². The van der Waals surface area contributed by atoms with E-state index in [0.29, 0.717) is 6.54 Å². The number of aromatic nitrogens is 4. The molecule has 168 valence electrons. The van der Waals surface area contributed by atoms with Crippen molar-refractivity contribution in [2.24, 2.45) is 11.7 Å². The third-order valence-electron chi connectivity index (χ3n) is 6.16. The van der Waals surface area contributed by atoms with Crippen LogP contribution >= 0.6 is 0 Å². The molecule has 4 aromatic rings. The zero-order chi connectivity index (χ0) is 22.3. The summed E-state index contributed by atoms with van der Waals surface area (Å²) >= 11 is 0. The highest BCUT2D eigenvalue weighted by molar-refractivity contribution is 5.92. The lowest BCUT2D eigenvalue weighted by Crippen LogP contribution is -2.28. The Morgan fingerprint density at radius 2 is 1.88 bits per heavy atom. The minimum atomic E-state index is 0.692. The second-order valence-electron chi connectivity index (χ2n) is 8.66. The monoisotopic (exact) mass is 430 g/mol. The van der Waals surface area contributed by atoms with Gasteiger partial charge in [0.05, 0.1) is 11.2 Å². The van der Waals surface area contributed by atoms with Crippen molar-refractivity contribution in [3.05, 3.63) is 54.7 Å². The number of nitrogens with zero attached hydrogens (tertiary/aromatic N) is 5. The minimum absolute atomic E-state index is 0.692. The number of nitrogens with two attached hydrogens (primary N) is 1. The number of pyridine rings is 2. The summed E-state index contributed by atoms with van der Waals surface area (Å²) < 4.78 is 1.98. The van der Waals surface area contributed by atoms with Gasteiger partial charge in [-0.1, -0.05) is 57.4 Å². The first-order chi connectivity index (χ1) is 15.7. The maximum atomic E-state index is 5.87. The van der Waals surface area contributed by atoms with E-state index in [1.165, 1.54) is 31.4 Å². The third kappa shape index (κ3) is 4.91. The lowest BCUT2D eigenvalue weighted by Gasteiger charge is -2.27. The van der Waals surface area contributed by atoms with Gasteiger partial charge in [0.15, 0.2) is 11.5 Å². The summed E-state index contributed by atoms with van der Waals surface area (Å²) in [5.74, 6) is 1.48. The zero-order valence-corrected chi connectivity index (χ0v) is 19.2. The van der Waals surface area contributed by atoms with Crippen LogP contribution in [0.4, 0.5) is 5.69 Å². The van der Waals surface area contributed by atoms with Crippen LogP contribution in [0.15, 0.2) is 54.7 Å². The molecule has 0 radical (unpaired) electrons. The van der Waals surface area contributed by atoms with E-state index in [-0.39, 0.29) is 0 Å². The van der Waals surface area contributed by atoms with Crippen LogP contribution < -0.4 is 10.6 Å². The first kappa shape index (κ1) is 22.2. The maximum Gasteiger partial charge on any atom is 0.187 e. The smallest absolute Gasteiger partial charge is 0.187 e. The van der Waals surface area contributed by atoms with Crippen LogP contribution in [-0.4, -0.2) is 39.2 Å². The molecule has 0 amide bonds. The van der Waals surface area contributed by atoms with Crippen molar-refractivity contribution in [1.29, 1.82) is 0 Å². The third-order valence-corrected chi connectivity index (χ3v) is 6.16. The summed E-state index contributed by atoms with van der Waals surface area (Å²) in [5.41, 5.74) is 9.71. The molecule has 1 atom stereocenters. The Kier molecular flexibility index (Phi) is 7.32. The molecule has 3 heterocycles. The molecule has 1 unspecified atom stereocenters. The SMILES string of the molecule is CCCCC(C)CCN(CCCN)c1cccc2ccc(-c3nnc4ccccn34)nc12. The van der Waals surface area contributed by atoms with Crippen LogP contribution in [0.25, 0.3) is 28.1 Å². The Balaban J connectivity index is 1.68. The van der Waals surface area contributed by atoms with Crippen molar-refractivity contribution < 1.29 is 0 Å². The van der Waals surface area contributed by atoms with E-state index < -0.39 is 0 Å². The van der Waals surface area contributed by atoms with E-state index >= 15 is 0 Å². The number of benzene rings is 1. The van der Waals surface area contributed by atoms with Gasteiger partial charge >= 0.3 is 0 Å². The molecule has 0 spiro atoms. The molecular formula is C26H34N6. The minimum Gasteiger partial charge on any atom is -0.370 e. The first-order valence-electron chi connectivity index (χ1n) is 11.9. The molecule has 0 aliphatic rings. The fourth-order valence-electron chi connectivity index (χ4n) is 4.24. The van der Waals surface area contributed by atoms with Crippen LogP contribution in [0.5, 0.6) is 0 Å². The van der Waals surface area contributed by atoms with Crippen molar-refractivity contribution in [2.45, 2.75) is 46.0 Å². The molecule has 0 saturated heterocycles. The van der Waals surface area contributed by atoms with Gasteiger partial charge in [0.25, 0.3) is 0 Å². The highest BCUT2D eigenvalue weighted by Crippen LogP contribution is 2.29. The number of unbranched alkanes of at least 4 members (excludes halogenated alkanes) is 1. The summed E-state index contributed by atoms with van der Waals surface area (Å²) in [6, 6.07) is 16.5. The van der Waals surface area contributed by atoms with Crippen LogP contribution in [-0.2, 0) is 0 Å². The number of rotatable bonds is 11. The second-order valence-corrected chi connectivity index (χ2v) is 8.66. The average Bonchev–Trinajstić information content (AvgIpc) is 3.26. The fourth-order valence-corrected chi connectivity index (χ4v) is 4.24. The van der Waals surface area contributed by atoms with Crippen LogP contribution in [0, 0.1) is 5.92 Å². The van der Waals surface area contributed by atoms with E-state index in [2.05, 4.69) is 53.2 Å². The number of hydrogen-bond acceptors (Lipinski definition) is 5. The summed E-state index contributed by atoms with van der Waals surface area (Å²) in [7, 11) is 0. The Morgan fingerprint density at radius 1 is 0.969 bits per heavy atom. The Bertz CT molecular complexity index is 1150. The van der Waals surface area contributed by atoms with Gasteiger partial charge in [0, 0.05) is 24.7 Å². The summed E-state index contributed by atoms with van der Waals surface area (Å²) in [6.07, 6.45) is 7.97. The van der Waals surface area contributed by atoms with E-state index in [0.717, 1.165) is 53.5 Å². The van der Waals surface area contributed by atoms with E-state index in [1.54, 1.807) is 0 Å². The van der Waals surface area contributed by atoms with Gasteiger partial charge in [-0.25, -0.2) is 4.98 Å². The molecule has 32 heavy (non-hydrogen) atoms. The van der Waals surface area contributed by atoms with Gasteiger partial charge < -0.3 is 10.6 Å². The molecule has 3 aromatic heterocycles. The number of hydrogen-bond donors (Lipinski definition) is 1. The molecule has 0 saturated carbocycles. The van der Waals surface area contributed by atoms with Gasteiger partial charge in [-0.3, -0.25) is 4.40 Å². The average molecular weight is 431 g/mol. The molecule has 0 aliphatic heterocycles. The summed E-state index contributed by atoms with van der Waals surface area (Å²) in [4.78, 5) is 7.55. The van der Waals surface area contributed by atoms with Crippen molar-refractivity contribution in [1.82, 2.24) is 19.6 Å². The molecule has 6 heteroatoms. The largest absolute Gasteiger partial charge is 0.370 e. The molecule has 0 aliphatic carbocycles. The van der Waals surface area contributed by atoms with Crippen LogP contribution in [0.2, 0.25) is 0 Å². The normalized spacial score (nSPS) is 12.5. The topological polar surface area (TPSA) is 72.3 Å². The summed E-state index contributed by atoms with van der Waals surface area (Å²) in [5, 5.41) is 9.84. The molecule has 1 aromatic carbocycles. The number of anilines is 1. The molecule has 0 fully saturated rings. The van der Waals surface area contributed by atoms with Crippen LogP contribution in [0.1, 0.15) is 46.0 Å². The number of para-hydroxylation sites is 1. The summed E-state index contributed by atoms with van der Waals surface area (Å²) in [6.45, 7) is 7.28. The van der Waals surface area contributed by atoms with E-state index in [4.69, 9.17) is 10.7 Å². The second kappa shape index (κ2) is 10.6. The maximum absolute atomic E-state index is 5.87. The predicted molar refractivity (Wildman–Crippen MR) is 133 cm³/mol. The quantitative estimate of drug-likeness (QED) is 0.349. The van der Waals surface area contributed by atoms with Crippen molar-refractivity contribution in [2.75, 3.05) is 24.5 Å². The lowest BCUT2D eigenvalue weighted by atomic mass is 10.00. The van der Waals surface area contributed by atoms with E-state index in [9.17, 15) is 0 Å². The Morgan fingerprint density at radius 3 is 2.72 bits per heavy atom. The van der Waals surface area contributed by atoms with Gasteiger partial charge in [-0.15, -0.1) is 10.2 Å². The van der Waals surface area contributed by atoms with Crippen LogP contribution in [0.3, 0.4) is 0 Å². The predicted octanol–water partition coefficient (Wildman–Crippen LogP) is 5.32. The zero-order valence-electron chi connectivity index (χ0n) is 19.2. The van der Waals surface area contributed by atoms with Gasteiger partial charge in [0.1, 0.15) is 5.69 Å². The highest BCUT2D eigenvalue weighted by atomic mass is 15.2. The number of fused-ring (bicyclic) bond motifs is 2. The molecule has 6 nitrogen and oxygen atoms in total. The van der Waals surface area contributed by atoms with Crippen molar-refractivity contribution >= 4 is 22.2 Å². The Labute approximate surface area is 190 Å². The van der Waals surface area contributed by atoms with E-state index in [1.807, 2.05) is 34.9 Å². The van der Waals surface area contributed by atoms with Gasteiger partial charge in [-0.05, 0) is 49.6 Å². The van der Waals surface area contributed by atoms with Gasteiger partial charge in [-0.2, -0.15) is 0 Å². The molecule has 4 rings (SSSR count). The standard InChI is InChI=1S/C26H34N6/c1-3-4-9-20(2)15-19-31(17-8-16-27)23-11-7-10-21-13-14-22(28-25(21)23)26-30-29-24-12-5-6-18-32(24)26/h5-7,10-14,18,20H,3-4,8-9,15-17,19,27H2,1-2H3. The first-order valence-corrected chi connectivity index (χ1v) is 11.9. The molecule has 0 bridgehead atoms. The molecule has 2 N–H and O–H groups in total.